The fourth-order valence-corrected chi connectivity index (χ4v) is 2.90. The van der Waals surface area contributed by atoms with Crippen LogP contribution in [0.15, 0.2) is 77.0 Å². The molecule has 0 saturated carbocycles. The third-order valence-electron chi connectivity index (χ3n) is 4.59. The van der Waals surface area contributed by atoms with Crippen molar-refractivity contribution in [3.63, 3.8) is 0 Å². The van der Waals surface area contributed by atoms with Crippen molar-refractivity contribution < 1.29 is 9.66 Å². The average Bonchev–Trinajstić information content (AvgIpc) is 2.78. The van der Waals surface area contributed by atoms with E-state index < -0.39 is 4.92 Å². The lowest BCUT2D eigenvalue weighted by molar-refractivity contribution is -0.384. The minimum absolute atomic E-state index is 0.0189. The Hall–Kier alpha value is -4.14. The number of non-ortho nitro benzene ring substituents is 1. The zero-order valence-electron chi connectivity index (χ0n) is 17.1. The highest BCUT2D eigenvalue weighted by atomic mass is 16.6. The summed E-state index contributed by atoms with van der Waals surface area (Å²) in [5.74, 6) is 0.582. The number of benzene rings is 3. The topological polar surface area (TPSA) is 132 Å². The van der Waals surface area contributed by atoms with Gasteiger partial charge in [-0.05, 0) is 55.5 Å². The molecule has 0 atom stereocenters. The van der Waals surface area contributed by atoms with E-state index in [0.717, 1.165) is 12.2 Å². The van der Waals surface area contributed by atoms with Crippen molar-refractivity contribution in [3.8, 4) is 5.75 Å². The molecule has 9 heteroatoms. The number of nitrogen functional groups attached to an aromatic ring is 2. The predicted molar refractivity (Wildman–Crippen MR) is 122 cm³/mol. The highest BCUT2D eigenvalue weighted by Gasteiger charge is 2.07. The number of hydrogen-bond donors (Lipinski definition) is 2. The highest BCUT2D eigenvalue weighted by Crippen LogP contribution is 2.25. The van der Waals surface area contributed by atoms with Crippen LogP contribution in [0.5, 0.6) is 5.75 Å². The summed E-state index contributed by atoms with van der Waals surface area (Å²) in [7, 11) is 0. The average molecular weight is 420 g/mol. The summed E-state index contributed by atoms with van der Waals surface area (Å²) >= 11 is 0. The van der Waals surface area contributed by atoms with Crippen LogP contribution < -0.4 is 21.1 Å². The molecule has 160 valence electrons. The van der Waals surface area contributed by atoms with Crippen LogP contribution >= 0.6 is 0 Å². The predicted octanol–water partition coefficient (Wildman–Crippen LogP) is 5.08. The number of nitrogens with two attached hydrogens (primary N) is 2. The van der Waals surface area contributed by atoms with Crippen LogP contribution in [-0.2, 0) is 0 Å². The van der Waals surface area contributed by atoms with Gasteiger partial charge in [-0.1, -0.05) is 0 Å². The first-order valence-electron chi connectivity index (χ1n) is 9.75. The van der Waals surface area contributed by atoms with Crippen molar-refractivity contribution in [2.24, 2.45) is 10.2 Å². The van der Waals surface area contributed by atoms with Crippen LogP contribution in [0.2, 0.25) is 0 Å². The zero-order chi connectivity index (χ0) is 22.2. The molecule has 9 nitrogen and oxygen atoms in total. The second-order valence-corrected chi connectivity index (χ2v) is 6.72. The molecule has 0 aliphatic rings. The number of nitro groups is 1. The molecule has 0 amide bonds. The van der Waals surface area contributed by atoms with Gasteiger partial charge in [0.25, 0.3) is 5.69 Å². The van der Waals surface area contributed by atoms with Gasteiger partial charge >= 0.3 is 0 Å². The summed E-state index contributed by atoms with van der Waals surface area (Å²) < 4.78 is 5.78. The zero-order valence-corrected chi connectivity index (χ0v) is 17.1. The van der Waals surface area contributed by atoms with Crippen LogP contribution in [0.4, 0.5) is 34.1 Å². The molecule has 0 aromatic heterocycles. The molecule has 3 rings (SSSR count). The number of anilines is 3. The van der Waals surface area contributed by atoms with Gasteiger partial charge in [-0.2, -0.15) is 10.2 Å². The molecular weight excluding hydrogens is 396 g/mol. The van der Waals surface area contributed by atoms with Crippen LogP contribution in [0.3, 0.4) is 0 Å². The molecule has 0 aliphatic carbocycles. The maximum Gasteiger partial charge on any atom is 0.269 e. The van der Waals surface area contributed by atoms with Crippen molar-refractivity contribution in [2.45, 2.75) is 6.92 Å². The number of nitrogens with zero attached hydrogens (tertiary/aromatic N) is 4. The summed E-state index contributed by atoms with van der Waals surface area (Å²) in [6.07, 6.45) is 0. The maximum atomic E-state index is 10.7. The third-order valence-corrected chi connectivity index (χ3v) is 4.59. The Kier molecular flexibility index (Phi) is 7.00. The maximum absolute atomic E-state index is 10.7. The Labute approximate surface area is 180 Å². The molecule has 0 aliphatic heterocycles. The van der Waals surface area contributed by atoms with Crippen LogP contribution in [0.25, 0.3) is 0 Å². The quantitative estimate of drug-likeness (QED) is 0.215. The fraction of sp³-hybridized carbons (Fsp3) is 0.182. The van der Waals surface area contributed by atoms with Gasteiger partial charge in [0.05, 0.1) is 28.5 Å². The summed E-state index contributed by atoms with van der Waals surface area (Å²) in [6, 6.07) is 18.7. The number of hydrogen-bond acceptors (Lipinski definition) is 8. The molecule has 31 heavy (non-hydrogen) atoms. The van der Waals surface area contributed by atoms with E-state index >= 15 is 0 Å². The molecular formula is C22H24N6O3. The summed E-state index contributed by atoms with van der Waals surface area (Å²) in [5, 5.41) is 19.0. The molecule has 0 unspecified atom stereocenters. The second kappa shape index (κ2) is 10.1. The molecule has 0 spiro atoms. The lowest BCUT2D eigenvalue weighted by Gasteiger charge is -2.23. The van der Waals surface area contributed by atoms with Gasteiger partial charge < -0.3 is 21.1 Å². The normalized spacial score (nSPS) is 10.9. The van der Waals surface area contributed by atoms with Crippen LogP contribution in [0, 0.1) is 10.1 Å². The smallest absolute Gasteiger partial charge is 0.269 e. The molecule has 0 bridgehead atoms. The number of ether oxygens (including phenoxy) is 1. The molecule has 3 aromatic rings. The minimum Gasteiger partial charge on any atom is -0.490 e. The Balaban J connectivity index is 1.58. The van der Waals surface area contributed by atoms with Gasteiger partial charge in [-0.25, -0.2) is 0 Å². The Morgan fingerprint density at radius 2 is 1.58 bits per heavy atom. The highest BCUT2D eigenvalue weighted by molar-refractivity contribution is 5.59. The number of likely N-dealkylation sites (N-methyl/N-ethyl adjacent to an activating group) is 1. The van der Waals surface area contributed by atoms with E-state index in [1.165, 1.54) is 12.1 Å². The van der Waals surface area contributed by atoms with Crippen molar-refractivity contribution >= 4 is 34.1 Å². The van der Waals surface area contributed by atoms with Crippen molar-refractivity contribution in [1.29, 1.82) is 0 Å². The van der Waals surface area contributed by atoms with Gasteiger partial charge in [0.1, 0.15) is 12.4 Å². The van der Waals surface area contributed by atoms with E-state index in [0.29, 0.717) is 41.7 Å². The number of rotatable bonds is 9. The molecule has 0 radical (unpaired) electrons. The fourth-order valence-electron chi connectivity index (χ4n) is 2.90. The van der Waals surface area contributed by atoms with E-state index in [1.54, 1.807) is 30.3 Å². The van der Waals surface area contributed by atoms with Crippen LogP contribution in [-0.4, -0.2) is 24.6 Å². The van der Waals surface area contributed by atoms with E-state index in [1.807, 2.05) is 24.3 Å². The first kappa shape index (κ1) is 21.6. The molecule has 0 saturated heterocycles. The first-order chi connectivity index (χ1) is 15.0. The molecule has 3 aromatic carbocycles. The third kappa shape index (κ3) is 5.92. The van der Waals surface area contributed by atoms with Crippen molar-refractivity contribution in [1.82, 2.24) is 0 Å². The second-order valence-electron chi connectivity index (χ2n) is 6.72. The molecule has 0 heterocycles. The number of nitro benzene ring substituents is 1. The molecule has 4 N–H and O–H groups in total. The number of azo groups is 1. The Morgan fingerprint density at radius 1 is 0.968 bits per heavy atom. The van der Waals surface area contributed by atoms with Gasteiger partial charge in [-0.3, -0.25) is 10.1 Å². The minimum atomic E-state index is -0.450. The van der Waals surface area contributed by atoms with Gasteiger partial charge in [0.2, 0.25) is 0 Å². The summed E-state index contributed by atoms with van der Waals surface area (Å²) in [6.45, 7) is 4.01. The molecule has 0 fully saturated rings. The van der Waals surface area contributed by atoms with Gasteiger partial charge in [0.15, 0.2) is 0 Å². The van der Waals surface area contributed by atoms with Crippen LogP contribution in [0.1, 0.15) is 6.92 Å². The van der Waals surface area contributed by atoms with E-state index in [4.69, 9.17) is 16.2 Å². The van der Waals surface area contributed by atoms with E-state index in [-0.39, 0.29) is 5.69 Å². The van der Waals surface area contributed by atoms with E-state index in [9.17, 15) is 10.1 Å². The van der Waals surface area contributed by atoms with Crippen molar-refractivity contribution in [2.75, 3.05) is 36.1 Å². The van der Waals surface area contributed by atoms with E-state index in [2.05, 4.69) is 22.1 Å². The monoisotopic (exact) mass is 420 g/mol. The largest absolute Gasteiger partial charge is 0.490 e. The lowest BCUT2D eigenvalue weighted by atomic mass is 10.2. The summed E-state index contributed by atoms with van der Waals surface area (Å²) in [5.41, 5.74) is 15.1. The Morgan fingerprint density at radius 3 is 2.16 bits per heavy atom. The summed E-state index contributed by atoms with van der Waals surface area (Å²) in [4.78, 5) is 12.4. The lowest BCUT2D eigenvalue weighted by Crippen LogP contribution is -2.28. The van der Waals surface area contributed by atoms with Gasteiger partial charge in [-0.15, -0.1) is 0 Å². The standard InChI is InChI=1S/C22H24N6O3/c1-2-27(13-14-31-22-15-16(23)3-12-21(22)24)19-8-4-17(5-9-19)25-26-18-6-10-20(11-7-18)28(29)30/h3-12,15H,2,13-14,23-24H2,1H3. The SMILES string of the molecule is CCN(CCOc1cc(N)ccc1N)c1ccc(N=Nc2ccc([N+](=O)[O-])cc2)cc1. The first-order valence-corrected chi connectivity index (χ1v) is 9.75. The van der Waals surface area contributed by atoms with Gasteiger partial charge in [0, 0.05) is 36.1 Å². The van der Waals surface area contributed by atoms with Crippen molar-refractivity contribution in [3.05, 3.63) is 76.8 Å². The Bertz CT molecular complexity index is 1050.